The number of hydrogen-bond acceptors (Lipinski definition) is 5. The van der Waals surface area contributed by atoms with Crippen molar-refractivity contribution in [3.8, 4) is 0 Å². The molecular formula is C15H20NO5P. The molecule has 0 aromatic heterocycles. The van der Waals surface area contributed by atoms with Crippen LogP contribution >= 0.6 is 9.24 Å². The predicted octanol–water partition coefficient (Wildman–Crippen LogP) is -0.726. The molecule has 0 amide bonds. The van der Waals surface area contributed by atoms with Gasteiger partial charge >= 0.3 is 0 Å². The molecule has 0 heterocycles. The van der Waals surface area contributed by atoms with Crippen molar-refractivity contribution in [2.75, 3.05) is 7.05 Å². The van der Waals surface area contributed by atoms with Gasteiger partial charge in [-0.2, -0.15) is 0 Å². The van der Waals surface area contributed by atoms with Crippen molar-refractivity contribution >= 4 is 15.0 Å². The fourth-order valence-corrected chi connectivity index (χ4v) is 3.09. The molecule has 0 aliphatic heterocycles. The molecule has 4 N–H and O–H groups in total. The largest absolute Gasteiger partial charge is 0.632 e. The maximum atomic E-state index is 12.6. The molecule has 0 radical (unpaired) electrons. The number of Topliss-reactive ketones (excluding diaryl/α,β-unsaturated/α-hetero) is 1. The van der Waals surface area contributed by atoms with Crippen LogP contribution in [0.3, 0.4) is 0 Å². The summed E-state index contributed by atoms with van der Waals surface area (Å²) in [5.74, 6) is -1.14. The van der Waals surface area contributed by atoms with Crippen LogP contribution in [-0.4, -0.2) is 39.2 Å². The standard InChI is InChI=1S/C15H20NO5P/c1-16(21)14(19,15(20,22)11-8-5-9-11)13(18)12(17)10-6-3-2-4-7-10/h2-4,6-8,12,16-17,19-20H,5,9,22H2,1H3. The number of hydroxylamine groups is 2. The summed E-state index contributed by atoms with van der Waals surface area (Å²) in [6.07, 6.45) is 1.13. The molecule has 1 aliphatic rings. The maximum absolute atomic E-state index is 12.6. The first-order valence-corrected chi connectivity index (χ1v) is 7.52. The van der Waals surface area contributed by atoms with Crippen LogP contribution in [-0.2, 0) is 4.79 Å². The van der Waals surface area contributed by atoms with Gasteiger partial charge in [0.1, 0.15) is 6.10 Å². The van der Waals surface area contributed by atoms with E-state index >= 15 is 0 Å². The molecule has 120 valence electrons. The number of nitrogens with one attached hydrogen (secondary N) is 1. The van der Waals surface area contributed by atoms with Gasteiger partial charge in [0.25, 0.3) is 11.5 Å². The van der Waals surface area contributed by atoms with Crippen molar-refractivity contribution in [1.82, 2.24) is 0 Å². The highest BCUT2D eigenvalue weighted by Crippen LogP contribution is 2.41. The molecule has 5 atom stereocenters. The molecule has 0 saturated carbocycles. The lowest BCUT2D eigenvalue weighted by molar-refractivity contribution is -0.908. The highest BCUT2D eigenvalue weighted by Gasteiger charge is 2.61. The Balaban J connectivity index is 2.41. The first kappa shape index (κ1) is 17.2. The zero-order valence-corrected chi connectivity index (χ0v) is 13.3. The Morgan fingerprint density at radius 2 is 1.91 bits per heavy atom. The van der Waals surface area contributed by atoms with E-state index in [4.69, 9.17) is 0 Å². The van der Waals surface area contributed by atoms with Crippen LogP contribution in [0.2, 0.25) is 0 Å². The molecule has 2 rings (SSSR count). The lowest BCUT2D eigenvalue weighted by atomic mass is 9.83. The number of likely N-dealkylation sites (N-methyl/N-ethyl adjacent to an activating group) is 1. The number of carbonyl (C=O) groups is 1. The minimum absolute atomic E-state index is 0.246. The second kappa shape index (κ2) is 6.16. The zero-order chi connectivity index (χ0) is 16.5. The first-order valence-electron chi connectivity index (χ1n) is 6.94. The Kier molecular flexibility index (Phi) is 4.82. The molecule has 0 bridgehead atoms. The first-order chi connectivity index (χ1) is 10.2. The van der Waals surface area contributed by atoms with Crippen LogP contribution in [0.1, 0.15) is 24.5 Å². The van der Waals surface area contributed by atoms with Crippen molar-refractivity contribution in [2.24, 2.45) is 0 Å². The van der Waals surface area contributed by atoms with E-state index in [1.165, 1.54) is 12.1 Å². The monoisotopic (exact) mass is 325 g/mol. The summed E-state index contributed by atoms with van der Waals surface area (Å²) in [5.41, 5.74) is -2.08. The molecule has 5 unspecified atom stereocenters. The van der Waals surface area contributed by atoms with Crippen molar-refractivity contribution < 1.29 is 25.2 Å². The van der Waals surface area contributed by atoms with Crippen LogP contribution in [0.15, 0.2) is 42.0 Å². The van der Waals surface area contributed by atoms with Gasteiger partial charge in [0.05, 0.1) is 7.05 Å². The molecule has 22 heavy (non-hydrogen) atoms. The number of quaternary nitrogens is 1. The van der Waals surface area contributed by atoms with E-state index in [1.807, 2.05) is 9.24 Å². The fourth-order valence-electron chi connectivity index (χ4n) is 2.48. The third kappa shape index (κ3) is 2.63. The van der Waals surface area contributed by atoms with Crippen LogP contribution in [0.25, 0.3) is 0 Å². The number of allylic oxidation sites excluding steroid dienone is 1. The van der Waals surface area contributed by atoms with E-state index in [-0.39, 0.29) is 5.56 Å². The summed E-state index contributed by atoms with van der Waals surface area (Å²) in [6, 6.07) is 7.98. The highest BCUT2D eigenvalue weighted by atomic mass is 31.0. The normalized spacial score (nSPS) is 22.5. The van der Waals surface area contributed by atoms with E-state index in [1.54, 1.807) is 24.3 Å². The Hall–Kier alpha value is -1.14. The Labute approximate surface area is 130 Å². The summed E-state index contributed by atoms with van der Waals surface area (Å²) in [6.45, 7) is 0. The van der Waals surface area contributed by atoms with E-state index in [0.29, 0.717) is 18.4 Å². The van der Waals surface area contributed by atoms with Crippen molar-refractivity contribution in [3.05, 3.63) is 52.8 Å². The van der Waals surface area contributed by atoms with Crippen LogP contribution in [0, 0.1) is 5.21 Å². The lowest BCUT2D eigenvalue weighted by Crippen LogP contribution is -3.18. The van der Waals surface area contributed by atoms with Gasteiger partial charge in [-0.25, -0.2) is 0 Å². The molecule has 0 fully saturated rings. The van der Waals surface area contributed by atoms with Gasteiger partial charge in [-0.3, -0.25) is 4.79 Å². The summed E-state index contributed by atoms with van der Waals surface area (Å²) < 4.78 is 0. The predicted molar refractivity (Wildman–Crippen MR) is 83.6 cm³/mol. The fraction of sp³-hybridized carbons (Fsp3) is 0.400. The zero-order valence-electron chi connectivity index (χ0n) is 12.2. The Morgan fingerprint density at radius 3 is 2.32 bits per heavy atom. The van der Waals surface area contributed by atoms with Crippen molar-refractivity contribution in [1.29, 1.82) is 0 Å². The molecular weight excluding hydrogens is 305 g/mol. The summed E-state index contributed by atoms with van der Waals surface area (Å²) in [7, 11) is 2.99. The maximum Gasteiger partial charge on any atom is 0.299 e. The summed E-state index contributed by atoms with van der Waals surface area (Å²) >= 11 is 0. The van der Waals surface area contributed by atoms with E-state index in [0.717, 1.165) is 7.05 Å². The van der Waals surface area contributed by atoms with Gasteiger partial charge < -0.3 is 25.6 Å². The van der Waals surface area contributed by atoms with E-state index in [9.17, 15) is 25.3 Å². The van der Waals surface area contributed by atoms with Crippen LogP contribution in [0.4, 0.5) is 0 Å². The molecule has 1 aromatic carbocycles. The number of benzene rings is 1. The van der Waals surface area contributed by atoms with E-state index < -0.39 is 28.0 Å². The van der Waals surface area contributed by atoms with Gasteiger partial charge in [-0.15, -0.1) is 0 Å². The number of rotatable bonds is 6. The minimum atomic E-state index is -2.72. The number of ketones is 1. The van der Waals surface area contributed by atoms with Crippen molar-refractivity contribution in [2.45, 2.75) is 30.0 Å². The topological polar surface area (TPSA) is 105 Å². The molecule has 0 spiro atoms. The second-order valence-electron chi connectivity index (χ2n) is 5.48. The van der Waals surface area contributed by atoms with Gasteiger partial charge in [0, 0.05) is 0 Å². The molecule has 6 nitrogen and oxygen atoms in total. The molecule has 1 aromatic rings. The van der Waals surface area contributed by atoms with Crippen LogP contribution in [0.5, 0.6) is 0 Å². The lowest BCUT2D eigenvalue weighted by Gasteiger charge is -2.46. The quantitative estimate of drug-likeness (QED) is 0.239. The smallest absolute Gasteiger partial charge is 0.299 e. The number of carbonyl (C=O) groups excluding carboxylic acids is 1. The second-order valence-corrected chi connectivity index (χ2v) is 6.31. The SMILES string of the molecule is C[NH+]([O-])C(O)(C(=O)C(O)c1ccccc1)C(O)(P)C1=CCC1. The Bertz CT molecular complexity index is 587. The van der Waals surface area contributed by atoms with E-state index in [2.05, 4.69) is 0 Å². The summed E-state index contributed by atoms with van der Waals surface area (Å²) in [4.78, 5) is 12.6. The minimum Gasteiger partial charge on any atom is -0.632 e. The number of aliphatic hydroxyl groups excluding tert-OH is 1. The highest BCUT2D eigenvalue weighted by molar-refractivity contribution is 7.19. The number of aliphatic hydroxyl groups is 3. The van der Waals surface area contributed by atoms with Gasteiger partial charge in [-0.05, 0) is 24.0 Å². The summed E-state index contributed by atoms with van der Waals surface area (Å²) in [5, 5.41) is 40.4. The van der Waals surface area contributed by atoms with Crippen molar-refractivity contribution in [3.63, 3.8) is 0 Å². The Morgan fingerprint density at radius 1 is 1.36 bits per heavy atom. The van der Waals surface area contributed by atoms with Gasteiger partial charge in [0.2, 0.25) is 0 Å². The molecule has 1 aliphatic carbocycles. The average molecular weight is 325 g/mol. The third-order valence-electron chi connectivity index (χ3n) is 4.08. The molecule has 0 saturated heterocycles. The van der Waals surface area contributed by atoms with Gasteiger partial charge in [-0.1, -0.05) is 45.6 Å². The average Bonchev–Trinajstić information content (AvgIpc) is 2.42. The van der Waals surface area contributed by atoms with Crippen LogP contribution < -0.4 is 5.06 Å². The molecule has 7 heteroatoms. The number of hydrogen-bond donors (Lipinski definition) is 4. The third-order valence-corrected chi connectivity index (χ3v) is 4.86. The van der Waals surface area contributed by atoms with Gasteiger partial charge in [0.15, 0.2) is 5.34 Å².